The molecule has 1 amide bonds. The molecule has 106 valence electrons. The standard InChI is InChI=1S/C15H21BrClNO/c1-9(2)14(10(3)4)8-18-15(19)11-5-12(16)7-13(17)6-11/h5-7,9-10,14H,8H2,1-4H3,(H,18,19). The molecule has 0 aromatic heterocycles. The number of hydrogen-bond acceptors (Lipinski definition) is 1. The van der Waals surface area contributed by atoms with Gasteiger partial charge in [0.15, 0.2) is 0 Å². The Morgan fingerprint density at radius 1 is 1.21 bits per heavy atom. The number of amides is 1. The lowest BCUT2D eigenvalue weighted by Crippen LogP contribution is -2.33. The maximum atomic E-state index is 12.1. The summed E-state index contributed by atoms with van der Waals surface area (Å²) < 4.78 is 0.814. The van der Waals surface area contributed by atoms with E-state index in [2.05, 4.69) is 48.9 Å². The van der Waals surface area contributed by atoms with Crippen LogP contribution in [0.1, 0.15) is 38.1 Å². The quantitative estimate of drug-likeness (QED) is 0.818. The molecule has 1 aromatic rings. The molecule has 0 spiro atoms. The van der Waals surface area contributed by atoms with Gasteiger partial charge < -0.3 is 5.32 Å². The average molecular weight is 347 g/mol. The van der Waals surface area contributed by atoms with Gasteiger partial charge in [0, 0.05) is 21.6 Å². The summed E-state index contributed by atoms with van der Waals surface area (Å²) in [7, 11) is 0. The molecule has 1 N–H and O–H groups in total. The van der Waals surface area contributed by atoms with Gasteiger partial charge in [-0.15, -0.1) is 0 Å². The highest BCUT2D eigenvalue weighted by molar-refractivity contribution is 9.10. The lowest BCUT2D eigenvalue weighted by molar-refractivity contribution is 0.0937. The summed E-state index contributed by atoms with van der Waals surface area (Å²) in [6.45, 7) is 9.44. The first-order valence-corrected chi connectivity index (χ1v) is 7.72. The number of carbonyl (C=O) groups is 1. The molecule has 19 heavy (non-hydrogen) atoms. The minimum Gasteiger partial charge on any atom is -0.352 e. The van der Waals surface area contributed by atoms with Crippen LogP contribution in [-0.2, 0) is 0 Å². The first-order valence-electron chi connectivity index (χ1n) is 6.55. The van der Waals surface area contributed by atoms with Gasteiger partial charge in [0.1, 0.15) is 0 Å². The van der Waals surface area contributed by atoms with Crippen molar-refractivity contribution in [3.8, 4) is 0 Å². The fraction of sp³-hybridized carbons (Fsp3) is 0.533. The lowest BCUT2D eigenvalue weighted by atomic mass is 9.85. The maximum Gasteiger partial charge on any atom is 0.251 e. The Hall–Kier alpha value is -0.540. The zero-order valence-corrected chi connectivity index (χ0v) is 14.2. The van der Waals surface area contributed by atoms with Crippen LogP contribution >= 0.6 is 27.5 Å². The molecule has 0 unspecified atom stereocenters. The Kier molecular flexibility index (Phi) is 6.34. The summed E-state index contributed by atoms with van der Waals surface area (Å²) in [6.07, 6.45) is 0. The Labute approximate surface area is 129 Å². The van der Waals surface area contributed by atoms with Crippen LogP contribution in [0.15, 0.2) is 22.7 Å². The fourth-order valence-electron chi connectivity index (χ4n) is 2.24. The molecule has 0 saturated heterocycles. The van der Waals surface area contributed by atoms with Crippen molar-refractivity contribution >= 4 is 33.4 Å². The second-order valence-electron chi connectivity index (χ2n) is 5.52. The number of halogens is 2. The summed E-state index contributed by atoms with van der Waals surface area (Å²) >= 11 is 9.29. The Morgan fingerprint density at radius 2 is 1.79 bits per heavy atom. The van der Waals surface area contributed by atoms with Gasteiger partial charge in [-0.3, -0.25) is 4.79 Å². The van der Waals surface area contributed by atoms with Crippen molar-refractivity contribution in [1.29, 1.82) is 0 Å². The van der Waals surface area contributed by atoms with Crippen molar-refractivity contribution in [1.82, 2.24) is 5.32 Å². The van der Waals surface area contributed by atoms with E-state index >= 15 is 0 Å². The second-order valence-corrected chi connectivity index (χ2v) is 6.87. The smallest absolute Gasteiger partial charge is 0.251 e. The van der Waals surface area contributed by atoms with Crippen molar-refractivity contribution in [2.75, 3.05) is 6.54 Å². The van der Waals surface area contributed by atoms with E-state index in [4.69, 9.17) is 11.6 Å². The van der Waals surface area contributed by atoms with E-state index in [1.54, 1.807) is 18.2 Å². The SMILES string of the molecule is CC(C)C(CNC(=O)c1cc(Cl)cc(Br)c1)C(C)C. The Balaban J connectivity index is 2.69. The number of nitrogens with one attached hydrogen (secondary N) is 1. The van der Waals surface area contributed by atoms with Crippen molar-refractivity contribution in [2.24, 2.45) is 17.8 Å². The number of hydrogen-bond donors (Lipinski definition) is 1. The van der Waals surface area contributed by atoms with Gasteiger partial charge in [-0.05, 0) is 36.0 Å². The van der Waals surface area contributed by atoms with Crippen molar-refractivity contribution in [3.05, 3.63) is 33.3 Å². The van der Waals surface area contributed by atoms with Gasteiger partial charge in [-0.2, -0.15) is 0 Å². The summed E-state index contributed by atoms with van der Waals surface area (Å²) in [5.41, 5.74) is 0.589. The molecule has 0 saturated carbocycles. The third-order valence-electron chi connectivity index (χ3n) is 3.34. The van der Waals surface area contributed by atoms with Gasteiger partial charge in [-0.25, -0.2) is 0 Å². The molecule has 0 bridgehead atoms. The minimum atomic E-state index is -0.0745. The molecule has 0 radical (unpaired) electrons. The number of carbonyl (C=O) groups excluding carboxylic acids is 1. The molecular weight excluding hydrogens is 326 g/mol. The van der Waals surface area contributed by atoms with Crippen LogP contribution in [0.25, 0.3) is 0 Å². The van der Waals surface area contributed by atoms with E-state index in [9.17, 15) is 4.79 Å². The predicted octanol–water partition coefficient (Wildman–Crippen LogP) is 4.76. The van der Waals surface area contributed by atoms with Crippen LogP contribution in [0.5, 0.6) is 0 Å². The highest BCUT2D eigenvalue weighted by Crippen LogP contribution is 2.21. The van der Waals surface area contributed by atoms with Crippen LogP contribution in [-0.4, -0.2) is 12.5 Å². The molecule has 1 aromatic carbocycles. The third kappa shape index (κ3) is 5.15. The van der Waals surface area contributed by atoms with E-state index in [1.165, 1.54) is 0 Å². The molecule has 0 aliphatic rings. The van der Waals surface area contributed by atoms with Crippen molar-refractivity contribution < 1.29 is 4.79 Å². The maximum absolute atomic E-state index is 12.1. The Bertz CT molecular complexity index is 418. The zero-order chi connectivity index (χ0) is 14.6. The van der Waals surface area contributed by atoms with E-state index in [-0.39, 0.29) is 5.91 Å². The monoisotopic (exact) mass is 345 g/mol. The van der Waals surface area contributed by atoms with E-state index in [1.807, 2.05) is 0 Å². The predicted molar refractivity (Wildman–Crippen MR) is 84.7 cm³/mol. The van der Waals surface area contributed by atoms with E-state index in [0.717, 1.165) is 4.47 Å². The largest absolute Gasteiger partial charge is 0.352 e. The van der Waals surface area contributed by atoms with E-state index < -0.39 is 0 Å². The summed E-state index contributed by atoms with van der Waals surface area (Å²) in [5, 5.41) is 3.56. The molecule has 4 heteroatoms. The molecule has 0 aliphatic carbocycles. The molecular formula is C15H21BrClNO. The molecule has 2 nitrogen and oxygen atoms in total. The molecule has 1 rings (SSSR count). The van der Waals surface area contributed by atoms with Crippen LogP contribution in [0.3, 0.4) is 0 Å². The zero-order valence-electron chi connectivity index (χ0n) is 11.8. The van der Waals surface area contributed by atoms with Crippen LogP contribution in [0.2, 0.25) is 5.02 Å². The summed E-state index contributed by atoms with van der Waals surface area (Å²) in [4.78, 5) is 12.1. The van der Waals surface area contributed by atoms with Crippen LogP contribution in [0.4, 0.5) is 0 Å². The van der Waals surface area contributed by atoms with Gasteiger partial charge in [0.2, 0.25) is 0 Å². The van der Waals surface area contributed by atoms with Gasteiger partial charge in [0.05, 0.1) is 0 Å². The highest BCUT2D eigenvalue weighted by atomic mass is 79.9. The molecule has 0 aliphatic heterocycles. The normalized spacial score (nSPS) is 11.4. The van der Waals surface area contributed by atoms with Gasteiger partial charge in [-0.1, -0.05) is 55.2 Å². The average Bonchev–Trinajstić information content (AvgIpc) is 2.26. The van der Waals surface area contributed by atoms with Gasteiger partial charge in [0.25, 0.3) is 5.91 Å². The first-order chi connectivity index (χ1) is 8.81. The third-order valence-corrected chi connectivity index (χ3v) is 4.01. The van der Waals surface area contributed by atoms with Crippen molar-refractivity contribution in [2.45, 2.75) is 27.7 Å². The fourth-order valence-corrected chi connectivity index (χ4v) is 3.10. The Morgan fingerprint density at radius 3 is 2.26 bits per heavy atom. The van der Waals surface area contributed by atoms with Crippen molar-refractivity contribution in [3.63, 3.8) is 0 Å². The first kappa shape index (κ1) is 16.5. The summed E-state index contributed by atoms with van der Waals surface area (Å²) in [5.74, 6) is 1.50. The molecule has 0 fully saturated rings. The minimum absolute atomic E-state index is 0.0745. The number of benzene rings is 1. The molecule has 0 heterocycles. The van der Waals surface area contributed by atoms with E-state index in [0.29, 0.717) is 34.9 Å². The highest BCUT2D eigenvalue weighted by Gasteiger charge is 2.18. The van der Waals surface area contributed by atoms with Crippen LogP contribution in [0, 0.1) is 17.8 Å². The molecule has 0 atom stereocenters. The van der Waals surface area contributed by atoms with Crippen LogP contribution < -0.4 is 5.32 Å². The summed E-state index contributed by atoms with van der Waals surface area (Å²) in [6, 6.07) is 5.23. The number of rotatable bonds is 5. The second kappa shape index (κ2) is 7.30. The van der Waals surface area contributed by atoms with Gasteiger partial charge >= 0.3 is 0 Å². The lowest BCUT2D eigenvalue weighted by Gasteiger charge is -2.25. The topological polar surface area (TPSA) is 29.1 Å².